The van der Waals surface area contributed by atoms with E-state index in [-0.39, 0.29) is 6.08 Å². The van der Waals surface area contributed by atoms with E-state index in [2.05, 4.69) is 4.18 Å². The van der Waals surface area contributed by atoms with Crippen LogP contribution >= 0.6 is 0 Å². The van der Waals surface area contributed by atoms with Crippen LogP contribution in [-0.4, -0.2) is 30.9 Å². The number of allylic oxidation sites excluding steroid dienone is 1. The van der Waals surface area contributed by atoms with E-state index in [0.717, 1.165) is 0 Å². The highest BCUT2D eigenvalue weighted by atomic mass is 32.2. The summed E-state index contributed by atoms with van der Waals surface area (Å²) in [4.78, 5) is 10.2. The summed E-state index contributed by atoms with van der Waals surface area (Å²) in [5, 5.41) is 8.25. The van der Waals surface area contributed by atoms with Crippen molar-refractivity contribution in [1.29, 1.82) is 0 Å². The molecule has 1 rings (SSSR count). The summed E-state index contributed by atoms with van der Waals surface area (Å²) >= 11 is 0. The molecule has 0 heterocycles. The fraction of sp³-hybridized carbons (Fsp3) is 0.571. The van der Waals surface area contributed by atoms with E-state index in [9.17, 15) is 35.2 Å². The van der Waals surface area contributed by atoms with Gasteiger partial charge in [-0.3, -0.25) is 0 Å². The van der Waals surface area contributed by atoms with Crippen LogP contribution in [0, 0.1) is 5.92 Å². The van der Waals surface area contributed by atoms with Crippen LogP contribution < -0.4 is 0 Å². The molecule has 0 radical (unpaired) electrons. The fourth-order valence-corrected chi connectivity index (χ4v) is 1.51. The molecule has 18 heavy (non-hydrogen) atoms. The fourth-order valence-electron chi connectivity index (χ4n) is 1.00. The van der Waals surface area contributed by atoms with E-state index in [0.29, 0.717) is 0 Å². The van der Waals surface area contributed by atoms with Crippen molar-refractivity contribution in [3.8, 4) is 0 Å². The van der Waals surface area contributed by atoms with E-state index < -0.39 is 45.6 Å². The summed E-state index contributed by atoms with van der Waals surface area (Å²) in [6.07, 6.45) is -1.10. The van der Waals surface area contributed by atoms with Crippen LogP contribution in [-0.2, 0) is 19.1 Å². The maximum atomic E-state index is 12.6. The number of aliphatic carboxylic acids is 1. The summed E-state index contributed by atoms with van der Waals surface area (Å²) in [7, 11) is -6.16. The van der Waals surface area contributed by atoms with Crippen LogP contribution in [0.25, 0.3) is 0 Å². The summed E-state index contributed by atoms with van der Waals surface area (Å²) in [6, 6.07) is 0. The molecule has 0 aliphatic heterocycles. The van der Waals surface area contributed by atoms with Crippen LogP contribution in [0.4, 0.5) is 22.0 Å². The Morgan fingerprint density at radius 1 is 1.39 bits per heavy atom. The van der Waals surface area contributed by atoms with Gasteiger partial charge in [-0.1, -0.05) is 0 Å². The number of hydrogen-bond acceptors (Lipinski definition) is 4. The Balaban J connectivity index is 3.00. The lowest BCUT2D eigenvalue weighted by molar-refractivity contribution is -0.131. The number of hydrogen-bond donors (Lipinski definition) is 1. The molecule has 0 aromatic rings. The lowest BCUT2D eigenvalue weighted by atomic mass is 10.3. The van der Waals surface area contributed by atoms with Crippen molar-refractivity contribution < 1.29 is 44.5 Å². The normalized spacial score (nSPS) is 23.6. The van der Waals surface area contributed by atoms with Gasteiger partial charge in [-0.05, 0) is 0 Å². The van der Waals surface area contributed by atoms with E-state index in [1.165, 1.54) is 0 Å². The third-order valence-corrected chi connectivity index (χ3v) is 2.90. The molecular formula is C7H5F5O5S. The summed E-state index contributed by atoms with van der Waals surface area (Å²) in [6.45, 7) is 0. The van der Waals surface area contributed by atoms with Gasteiger partial charge in [-0.25, -0.2) is 13.6 Å². The Hall–Kier alpha value is -1.39. The van der Waals surface area contributed by atoms with Gasteiger partial charge in [-0.15, -0.1) is 0 Å². The van der Waals surface area contributed by atoms with E-state index in [1.807, 2.05) is 0 Å². The van der Waals surface area contributed by atoms with Crippen LogP contribution in [0.2, 0.25) is 0 Å². The van der Waals surface area contributed by atoms with Crippen molar-refractivity contribution >= 4 is 16.1 Å². The SMILES string of the molecule is O=C(O)/C=C(\OS(=O)(=O)C(F)(F)F)C1CC1(F)F. The maximum Gasteiger partial charge on any atom is 0.534 e. The molecular weight excluding hydrogens is 291 g/mol. The van der Waals surface area contributed by atoms with Crippen LogP contribution in [0.3, 0.4) is 0 Å². The lowest BCUT2D eigenvalue weighted by Crippen LogP contribution is -2.26. The molecule has 1 aliphatic rings. The zero-order valence-electron chi connectivity index (χ0n) is 8.24. The predicted octanol–water partition coefficient (Wildman–Crippen LogP) is 1.48. The smallest absolute Gasteiger partial charge is 0.478 e. The molecule has 1 unspecified atom stereocenters. The first-order valence-corrected chi connectivity index (χ1v) is 5.61. The molecule has 0 saturated heterocycles. The van der Waals surface area contributed by atoms with Crippen LogP contribution in [0.15, 0.2) is 11.8 Å². The number of alkyl halides is 5. The average Bonchev–Trinajstić information content (AvgIpc) is 2.70. The van der Waals surface area contributed by atoms with Crippen molar-refractivity contribution in [3.63, 3.8) is 0 Å². The number of rotatable bonds is 4. The van der Waals surface area contributed by atoms with Gasteiger partial charge >= 0.3 is 21.6 Å². The minimum Gasteiger partial charge on any atom is -0.478 e. The largest absolute Gasteiger partial charge is 0.534 e. The van der Waals surface area contributed by atoms with Crippen molar-refractivity contribution in [3.05, 3.63) is 11.8 Å². The zero-order chi connectivity index (χ0) is 14.4. The first-order chi connectivity index (χ1) is 7.87. The number of carboxylic acid groups (broad SMARTS) is 1. The van der Waals surface area contributed by atoms with E-state index >= 15 is 0 Å². The molecule has 0 bridgehead atoms. The third-order valence-electron chi connectivity index (χ3n) is 1.92. The van der Waals surface area contributed by atoms with Gasteiger partial charge in [0.25, 0.3) is 5.92 Å². The number of carboxylic acids is 1. The van der Waals surface area contributed by atoms with Crippen molar-refractivity contribution in [2.75, 3.05) is 0 Å². The highest BCUT2D eigenvalue weighted by Gasteiger charge is 2.62. The molecule has 0 spiro atoms. The monoisotopic (exact) mass is 296 g/mol. The number of halogens is 5. The van der Waals surface area contributed by atoms with Gasteiger partial charge in [0.15, 0.2) is 0 Å². The Labute approximate surface area is 97.0 Å². The summed E-state index contributed by atoms with van der Waals surface area (Å²) in [5.74, 6) is -8.79. The average molecular weight is 296 g/mol. The lowest BCUT2D eigenvalue weighted by Gasteiger charge is -2.11. The summed E-state index contributed by atoms with van der Waals surface area (Å²) < 4.78 is 85.5. The second-order valence-electron chi connectivity index (χ2n) is 3.39. The minimum absolute atomic E-state index is 0.130. The predicted molar refractivity (Wildman–Crippen MR) is 44.8 cm³/mol. The van der Waals surface area contributed by atoms with E-state index in [1.54, 1.807) is 0 Å². The first-order valence-electron chi connectivity index (χ1n) is 4.20. The highest BCUT2D eigenvalue weighted by Crippen LogP contribution is 2.53. The van der Waals surface area contributed by atoms with Gasteiger partial charge in [0.05, 0.1) is 12.0 Å². The molecule has 1 saturated carbocycles. The minimum atomic E-state index is -6.16. The molecule has 1 aliphatic carbocycles. The molecule has 104 valence electrons. The van der Waals surface area contributed by atoms with Crippen LogP contribution in [0.5, 0.6) is 0 Å². The number of carbonyl (C=O) groups is 1. The zero-order valence-corrected chi connectivity index (χ0v) is 9.06. The van der Waals surface area contributed by atoms with Crippen molar-refractivity contribution in [1.82, 2.24) is 0 Å². The third kappa shape index (κ3) is 3.09. The molecule has 1 atom stereocenters. The van der Waals surface area contributed by atoms with Gasteiger partial charge in [0.2, 0.25) is 0 Å². The van der Waals surface area contributed by atoms with E-state index in [4.69, 9.17) is 5.11 Å². The van der Waals surface area contributed by atoms with Crippen LogP contribution in [0.1, 0.15) is 6.42 Å². The van der Waals surface area contributed by atoms with Gasteiger partial charge < -0.3 is 9.29 Å². The van der Waals surface area contributed by atoms with Crippen molar-refractivity contribution in [2.24, 2.45) is 5.92 Å². The Morgan fingerprint density at radius 2 is 1.83 bits per heavy atom. The quantitative estimate of drug-likeness (QED) is 0.279. The molecule has 11 heteroatoms. The molecule has 0 aromatic carbocycles. The Morgan fingerprint density at radius 3 is 2.11 bits per heavy atom. The standard InChI is InChI=1S/C7H5F5O5S/c8-6(9)2-3(6)4(1-5(13)14)17-18(15,16)7(10,11)12/h1,3H,2H2,(H,13,14)/b4-1-. The van der Waals surface area contributed by atoms with Gasteiger partial charge in [-0.2, -0.15) is 21.6 Å². The Kier molecular flexibility index (Phi) is 3.32. The molecule has 1 N–H and O–H groups in total. The molecule has 1 fully saturated rings. The second kappa shape index (κ2) is 4.07. The highest BCUT2D eigenvalue weighted by molar-refractivity contribution is 7.87. The summed E-state index contributed by atoms with van der Waals surface area (Å²) in [5.41, 5.74) is -5.82. The van der Waals surface area contributed by atoms with Crippen molar-refractivity contribution in [2.45, 2.75) is 17.9 Å². The Bertz CT molecular complexity index is 491. The molecule has 0 aromatic heterocycles. The first kappa shape index (κ1) is 14.7. The molecule has 5 nitrogen and oxygen atoms in total. The topological polar surface area (TPSA) is 80.7 Å². The molecule has 0 amide bonds. The maximum absolute atomic E-state index is 12.6. The second-order valence-corrected chi connectivity index (χ2v) is 4.92. The van der Waals surface area contributed by atoms with Gasteiger partial charge in [0, 0.05) is 6.42 Å². The van der Waals surface area contributed by atoms with Gasteiger partial charge in [0.1, 0.15) is 5.76 Å².